The van der Waals surface area contributed by atoms with Gasteiger partial charge in [0, 0.05) is 5.56 Å². The molecule has 3 rings (SSSR count). The van der Waals surface area contributed by atoms with E-state index < -0.39 is 0 Å². The molecule has 0 unspecified atom stereocenters. The number of carbonyl (C=O) groups excluding carboxylic acids is 1. The summed E-state index contributed by atoms with van der Waals surface area (Å²) in [5.41, 5.74) is 3.29. The fraction of sp³-hybridized carbons (Fsp3) is 0.136. The van der Waals surface area contributed by atoms with Crippen molar-refractivity contribution in [2.24, 2.45) is 0 Å². The van der Waals surface area contributed by atoms with Gasteiger partial charge in [-0.05, 0) is 24.6 Å². The summed E-state index contributed by atoms with van der Waals surface area (Å²) >= 11 is 1.28. The summed E-state index contributed by atoms with van der Waals surface area (Å²) in [6, 6.07) is 25.2. The van der Waals surface area contributed by atoms with Crippen molar-refractivity contribution in [1.29, 1.82) is 5.26 Å². The monoisotopic (exact) mass is 373 g/mol. The van der Waals surface area contributed by atoms with Crippen molar-refractivity contribution in [2.75, 3.05) is 5.75 Å². The average molecular weight is 373 g/mol. The molecule has 4 nitrogen and oxygen atoms in total. The molecule has 1 aromatic heterocycles. The van der Waals surface area contributed by atoms with Gasteiger partial charge in [0.1, 0.15) is 11.1 Å². The molecular formula is C22H19N3OS. The third-order valence-electron chi connectivity index (χ3n) is 4.07. The Labute approximate surface area is 163 Å². The molecule has 1 heterocycles. The Balaban J connectivity index is 1.68. The maximum absolute atomic E-state index is 12.3. The minimum Gasteiger partial charge on any atom is -0.349 e. The molecule has 0 fully saturated rings. The molecule has 134 valence electrons. The first-order valence-electron chi connectivity index (χ1n) is 8.61. The van der Waals surface area contributed by atoms with Crippen LogP contribution in [0.5, 0.6) is 0 Å². The van der Waals surface area contributed by atoms with Gasteiger partial charge in [0.15, 0.2) is 0 Å². The summed E-state index contributed by atoms with van der Waals surface area (Å²) < 4.78 is 0. The van der Waals surface area contributed by atoms with E-state index in [1.54, 1.807) is 6.07 Å². The summed E-state index contributed by atoms with van der Waals surface area (Å²) in [4.78, 5) is 16.9. The van der Waals surface area contributed by atoms with Crippen molar-refractivity contribution in [3.05, 3.63) is 83.9 Å². The molecule has 0 aliphatic rings. The van der Waals surface area contributed by atoms with E-state index in [4.69, 9.17) is 0 Å². The summed E-state index contributed by atoms with van der Waals surface area (Å²) in [6.45, 7) is 1.95. The lowest BCUT2D eigenvalue weighted by molar-refractivity contribution is -0.119. The molecule has 2 aromatic carbocycles. The van der Waals surface area contributed by atoms with Crippen molar-refractivity contribution < 1.29 is 4.79 Å². The zero-order valence-electron chi connectivity index (χ0n) is 14.9. The average Bonchev–Trinajstić information content (AvgIpc) is 2.73. The van der Waals surface area contributed by atoms with Crippen LogP contribution in [-0.2, 0) is 4.79 Å². The zero-order chi connectivity index (χ0) is 19.1. The van der Waals surface area contributed by atoms with Gasteiger partial charge < -0.3 is 5.32 Å². The van der Waals surface area contributed by atoms with E-state index in [0.29, 0.717) is 10.6 Å². The number of hydrogen-bond donors (Lipinski definition) is 1. The van der Waals surface area contributed by atoms with Crippen LogP contribution < -0.4 is 5.32 Å². The molecule has 1 atom stereocenters. The van der Waals surface area contributed by atoms with Gasteiger partial charge in [0.2, 0.25) is 5.91 Å². The third kappa shape index (κ3) is 4.96. The van der Waals surface area contributed by atoms with Crippen molar-refractivity contribution in [3.63, 3.8) is 0 Å². The Bertz CT molecular complexity index is 952. The SMILES string of the molecule is C[C@@H](NC(=O)CSc1nc(-c2ccccc2)ccc1C#N)c1ccccc1. The van der Waals surface area contributed by atoms with Crippen LogP contribution in [0.15, 0.2) is 77.8 Å². The first-order chi connectivity index (χ1) is 13.2. The fourth-order valence-electron chi connectivity index (χ4n) is 2.65. The molecule has 27 heavy (non-hydrogen) atoms. The van der Waals surface area contributed by atoms with E-state index >= 15 is 0 Å². The Morgan fingerprint density at radius 2 is 1.74 bits per heavy atom. The summed E-state index contributed by atoms with van der Waals surface area (Å²) in [7, 11) is 0. The fourth-order valence-corrected chi connectivity index (χ4v) is 3.43. The van der Waals surface area contributed by atoms with Crippen LogP contribution in [0.25, 0.3) is 11.3 Å². The Kier molecular flexibility index (Phi) is 6.24. The lowest BCUT2D eigenvalue weighted by Crippen LogP contribution is -2.28. The first kappa shape index (κ1) is 18.7. The number of hydrogen-bond acceptors (Lipinski definition) is 4. The normalized spacial score (nSPS) is 11.4. The van der Waals surface area contributed by atoms with Gasteiger partial charge in [0.25, 0.3) is 0 Å². The van der Waals surface area contributed by atoms with Crippen LogP contribution in [0.1, 0.15) is 24.1 Å². The molecule has 0 saturated carbocycles. The molecule has 1 amide bonds. The highest BCUT2D eigenvalue weighted by atomic mass is 32.2. The van der Waals surface area contributed by atoms with E-state index in [-0.39, 0.29) is 17.7 Å². The predicted octanol–water partition coefficient (Wildman–Crippen LogP) is 4.59. The first-order valence-corrected chi connectivity index (χ1v) is 9.59. The van der Waals surface area contributed by atoms with E-state index in [9.17, 15) is 10.1 Å². The zero-order valence-corrected chi connectivity index (χ0v) is 15.7. The molecule has 0 saturated heterocycles. The van der Waals surface area contributed by atoms with Gasteiger partial charge in [-0.1, -0.05) is 72.4 Å². The molecule has 0 bridgehead atoms. The van der Waals surface area contributed by atoms with Crippen LogP contribution in [0.3, 0.4) is 0 Å². The number of nitriles is 1. The lowest BCUT2D eigenvalue weighted by Gasteiger charge is -2.14. The summed E-state index contributed by atoms with van der Waals surface area (Å²) in [5.74, 6) is 0.115. The maximum atomic E-state index is 12.3. The quantitative estimate of drug-likeness (QED) is 0.642. The van der Waals surface area contributed by atoms with Crippen LogP contribution >= 0.6 is 11.8 Å². The molecule has 5 heteroatoms. The number of rotatable bonds is 6. The standard InChI is InChI=1S/C22H19N3OS/c1-16(17-8-4-2-5-9-17)24-21(26)15-27-22-19(14-23)12-13-20(25-22)18-10-6-3-7-11-18/h2-13,16H,15H2,1H3,(H,24,26)/t16-/m1/s1. The molecule has 0 aliphatic carbocycles. The molecule has 1 N–H and O–H groups in total. The smallest absolute Gasteiger partial charge is 0.230 e. The van der Waals surface area contributed by atoms with Gasteiger partial charge in [-0.15, -0.1) is 0 Å². The molecule has 0 radical (unpaired) electrons. The number of carbonyl (C=O) groups is 1. The van der Waals surface area contributed by atoms with Gasteiger partial charge in [-0.3, -0.25) is 4.79 Å². The van der Waals surface area contributed by atoms with E-state index in [1.807, 2.05) is 73.7 Å². The largest absolute Gasteiger partial charge is 0.349 e. The third-order valence-corrected chi connectivity index (χ3v) is 5.06. The van der Waals surface area contributed by atoms with Crippen molar-refractivity contribution in [2.45, 2.75) is 18.0 Å². The number of aromatic nitrogens is 1. The van der Waals surface area contributed by atoms with E-state index in [1.165, 1.54) is 11.8 Å². The number of amides is 1. The number of nitrogens with zero attached hydrogens (tertiary/aromatic N) is 2. The Morgan fingerprint density at radius 1 is 1.07 bits per heavy atom. The van der Waals surface area contributed by atoms with Crippen LogP contribution in [0, 0.1) is 11.3 Å². The van der Waals surface area contributed by atoms with Crippen molar-refractivity contribution in [1.82, 2.24) is 10.3 Å². The highest BCUT2D eigenvalue weighted by Gasteiger charge is 2.13. The second-order valence-electron chi connectivity index (χ2n) is 6.02. The summed E-state index contributed by atoms with van der Waals surface area (Å²) in [5, 5.41) is 12.9. The molecule has 0 aliphatic heterocycles. The maximum Gasteiger partial charge on any atom is 0.230 e. The van der Waals surface area contributed by atoms with Crippen molar-refractivity contribution >= 4 is 17.7 Å². The van der Waals surface area contributed by atoms with Gasteiger partial charge in [-0.2, -0.15) is 5.26 Å². The van der Waals surface area contributed by atoms with Gasteiger partial charge in [-0.25, -0.2) is 4.98 Å². The predicted molar refractivity (Wildman–Crippen MR) is 108 cm³/mol. The lowest BCUT2D eigenvalue weighted by atomic mass is 10.1. The minimum absolute atomic E-state index is 0.0710. The molecule has 0 spiro atoms. The number of nitrogens with one attached hydrogen (secondary N) is 1. The number of pyridine rings is 1. The van der Waals surface area contributed by atoms with Gasteiger partial charge in [0.05, 0.1) is 23.1 Å². The Morgan fingerprint density at radius 3 is 2.41 bits per heavy atom. The second-order valence-corrected chi connectivity index (χ2v) is 6.98. The topological polar surface area (TPSA) is 65.8 Å². The van der Waals surface area contributed by atoms with Crippen LogP contribution in [-0.4, -0.2) is 16.6 Å². The van der Waals surface area contributed by atoms with Crippen LogP contribution in [0.4, 0.5) is 0 Å². The van der Waals surface area contributed by atoms with Crippen molar-refractivity contribution in [3.8, 4) is 17.3 Å². The number of benzene rings is 2. The van der Waals surface area contributed by atoms with Gasteiger partial charge >= 0.3 is 0 Å². The second kappa shape index (κ2) is 9.02. The molecule has 3 aromatic rings. The minimum atomic E-state index is -0.0906. The highest BCUT2D eigenvalue weighted by molar-refractivity contribution is 8.00. The number of thioether (sulfide) groups is 1. The van der Waals surface area contributed by atoms with Crippen LogP contribution in [0.2, 0.25) is 0 Å². The van der Waals surface area contributed by atoms with E-state index in [0.717, 1.165) is 16.8 Å². The highest BCUT2D eigenvalue weighted by Crippen LogP contribution is 2.25. The van der Waals surface area contributed by atoms with E-state index in [2.05, 4.69) is 16.4 Å². The molecular weight excluding hydrogens is 354 g/mol. The summed E-state index contributed by atoms with van der Waals surface area (Å²) in [6.07, 6.45) is 0. The Hall–Kier alpha value is -3.10.